The van der Waals surface area contributed by atoms with Crippen LogP contribution in [-0.2, 0) is 0 Å². The molecule has 2 aromatic carbocycles. The number of rotatable bonds is 2. The molecule has 0 saturated carbocycles. The van der Waals surface area contributed by atoms with E-state index in [1.807, 2.05) is 36.4 Å². The normalized spacial score (nSPS) is 9.87. The quantitative estimate of drug-likeness (QED) is 0.730. The van der Waals surface area contributed by atoms with Crippen molar-refractivity contribution in [2.45, 2.75) is 0 Å². The number of hydrogen-bond acceptors (Lipinski definition) is 0. The Bertz CT molecular complexity index is 362. The van der Waals surface area contributed by atoms with Crippen molar-refractivity contribution in [3.8, 4) is 0 Å². The SMILES string of the molecule is C(=Cc1ccccc1)c1ccccc1.[Rb]. The minimum Gasteiger partial charge on any atom is -0.0622 e. The first-order valence-corrected chi connectivity index (χ1v) is 4.73. The zero-order valence-electron chi connectivity index (χ0n) is 8.93. The monoisotopic (exact) mass is 265 g/mol. The third kappa shape index (κ3) is 4.56. The van der Waals surface area contributed by atoms with Crippen molar-refractivity contribution < 1.29 is 0 Å². The molecule has 0 aromatic heterocycles. The molecular formula is C14H12Rb. The van der Waals surface area contributed by atoms with E-state index in [1.54, 1.807) is 0 Å². The van der Waals surface area contributed by atoms with Crippen molar-refractivity contribution in [3.05, 3.63) is 71.8 Å². The van der Waals surface area contributed by atoms with Gasteiger partial charge in [-0.05, 0) is 11.1 Å². The summed E-state index contributed by atoms with van der Waals surface area (Å²) in [6.45, 7) is 0. The van der Waals surface area contributed by atoms with Gasteiger partial charge in [0, 0.05) is 58.2 Å². The number of hydrogen-bond donors (Lipinski definition) is 0. The molecule has 0 atom stereocenters. The van der Waals surface area contributed by atoms with Gasteiger partial charge in [0.05, 0.1) is 0 Å². The maximum atomic E-state index is 2.12. The average Bonchev–Trinajstić information content (AvgIpc) is 2.29. The van der Waals surface area contributed by atoms with Crippen molar-refractivity contribution in [1.29, 1.82) is 0 Å². The summed E-state index contributed by atoms with van der Waals surface area (Å²) in [6, 6.07) is 20.6. The van der Waals surface area contributed by atoms with E-state index in [1.165, 1.54) is 11.1 Å². The van der Waals surface area contributed by atoms with Gasteiger partial charge in [-0.3, -0.25) is 0 Å². The van der Waals surface area contributed by atoms with E-state index in [0.29, 0.717) is 0 Å². The van der Waals surface area contributed by atoms with Crippen molar-refractivity contribution >= 4 is 70.3 Å². The Kier molecular flexibility index (Phi) is 6.34. The molecular weight excluding hydrogens is 254 g/mol. The zero-order chi connectivity index (χ0) is 9.64. The van der Waals surface area contributed by atoms with Gasteiger partial charge in [0.2, 0.25) is 0 Å². The molecule has 0 aliphatic heterocycles. The molecule has 1 heteroatoms. The first kappa shape index (κ1) is 13.1. The van der Waals surface area contributed by atoms with Gasteiger partial charge in [-0.1, -0.05) is 72.8 Å². The maximum absolute atomic E-state index is 2.12. The maximum Gasteiger partial charge on any atom is 0 e. The van der Waals surface area contributed by atoms with Crippen LogP contribution in [0.2, 0.25) is 0 Å². The smallest absolute Gasteiger partial charge is 0 e. The molecule has 2 rings (SSSR count). The Hall–Kier alpha value is -0.0148. The van der Waals surface area contributed by atoms with Gasteiger partial charge in [-0.2, -0.15) is 0 Å². The van der Waals surface area contributed by atoms with Crippen LogP contribution in [0.25, 0.3) is 12.2 Å². The molecule has 1 radical (unpaired) electrons. The van der Waals surface area contributed by atoms with Crippen LogP contribution in [0.1, 0.15) is 11.1 Å². The Morgan fingerprint density at radius 1 is 0.533 bits per heavy atom. The fraction of sp³-hybridized carbons (Fsp3) is 0. The van der Waals surface area contributed by atoms with Crippen LogP contribution in [0.15, 0.2) is 60.7 Å². The van der Waals surface area contributed by atoms with Gasteiger partial charge >= 0.3 is 0 Å². The second-order valence-corrected chi connectivity index (χ2v) is 3.15. The summed E-state index contributed by atoms with van der Waals surface area (Å²) in [7, 11) is 0. The van der Waals surface area contributed by atoms with E-state index in [0.717, 1.165) is 0 Å². The number of benzene rings is 2. The molecule has 0 amide bonds. The van der Waals surface area contributed by atoms with Gasteiger partial charge in [-0.25, -0.2) is 0 Å². The molecule has 2 aromatic rings. The Morgan fingerprint density at radius 3 is 1.20 bits per heavy atom. The van der Waals surface area contributed by atoms with E-state index >= 15 is 0 Å². The summed E-state index contributed by atoms with van der Waals surface area (Å²) < 4.78 is 0. The van der Waals surface area contributed by atoms with Gasteiger partial charge in [0.1, 0.15) is 0 Å². The second kappa shape index (κ2) is 7.29. The van der Waals surface area contributed by atoms with Crippen molar-refractivity contribution in [3.63, 3.8) is 0 Å². The van der Waals surface area contributed by atoms with Crippen molar-refractivity contribution in [1.82, 2.24) is 0 Å². The van der Waals surface area contributed by atoms with Gasteiger partial charge in [0.25, 0.3) is 0 Å². The van der Waals surface area contributed by atoms with Crippen LogP contribution in [0.3, 0.4) is 0 Å². The van der Waals surface area contributed by atoms with Crippen LogP contribution < -0.4 is 0 Å². The molecule has 0 aliphatic rings. The van der Waals surface area contributed by atoms with Crippen LogP contribution in [0, 0.1) is 0 Å². The van der Waals surface area contributed by atoms with E-state index < -0.39 is 0 Å². The van der Waals surface area contributed by atoms with Crippen LogP contribution in [0.5, 0.6) is 0 Å². The summed E-state index contributed by atoms with van der Waals surface area (Å²) in [5.74, 6) is 0. The first-order valence-electron chi connectivity index (χ1n) is 4.73. The fourth-order valence-electron chi connectivity index (χ4n) is 1.32. The summed E-state index contributed by atoms with van der Waals surface area (Å²) in [6.07, 6.45) is 4.24. The molecule has 0 fully saturated rings. The first-order chi connectivity index (χ1) is 6.95. The largest absolute Gasteiger partial charge is 0.0622 e. The Morgan fingerprint density at radius 2 is 0.867 bits per heavy atom. The van der Waals surface area contributed by atoms with Gasteiger partial charge < -0.3 is 0 Å². The Labute approximate surface area is 140 Å². The van der Waals surface area contributed by atoms with Gasteiger partial charge in [0.15, 0.2) is 0 Å². The predicted octanol–water partition coefficient (Wildman–Crippen LogP) is 3.48. The molecule has 0 nitrogen and oxygen atoms in total. The third-order valence-corrected chi connectivity index (χ3v) is 2.07. The second-order valence-electron chi connectivity index (χ2n) is 3.15. The topological polar surface area (TPSA) is 0 Å². The van der Waals surface area contributed by atoms with E-state index in [9.17, 15) is 0 Å². The molecule has 0 aliphatic carbocycles. The standard InChI is InChI=1S/C14H12.Rb/c1-3-7-13(8-4-1)11-12-14-9-5-2-6-10-14;/h1-12H;. The summed E-state index contributed by atoms with van der Waals surface area (Å²) in [4.78, 5) is 0. The molecule has 0 spiro atoms. The fourth-order valence-corrected chi connectivity index (χ4v) is 1.32. The molecule has 69 valence electrons. The molecule has 0 unspecified atom stereocenters. The van der Waals surface area contributed by atoms with E-state index in [-0.39, 0.29) is 58.2 Å². The average molecular weight is 266 g/mol. The molecule has 0 heterocycles. The summed E-state index contributed by atoms with van der Waals surface area (Å²) in [5.41, 5.74) is 2.47. The van der Waals surface area contributed by atoms with Crippen molar-refractivity contribution in [2.75, 3.05) is 0 Å². The summed E-state index contributed by atoms with van der Waals surface area (Å²) >= 11 is 0. The van der Waals surface area contributed by atoms with E-state index in [2.05, 4.69) is 36.4 Å². The van der Waals surface area contributed by atoms with E-state index in [4.69, 9.17) is 0 Å². The zero-order valence-corrected chi connectivity index (χ0v) is 13.8. The van der Waals surface area contributed by atoms with Crippen LogP contribution in [-0.4, -0.2) is 58.2 Å². The van der Waals surface area contributed by atoms with Crippen LogP contribution in [0.4, 0.5) is 0 Å². The molecule has 15 heavy (non-hydrogen) atoms. The predicted molar refractivity (Wildman–Crippen MR) is 67.6 cm³/mol. The minimum absolute atomic E-state index is 0. The van der Waals surface area contributed by atoms with Crippen LogP contribution >= 0.6 is 0 Å². The summed E-state index contributed by atoms with van der Waals surface area (Å²) in [5, 5.41) is 0. The third-order valence-electron chi connectivity index (χ3n) is 2.07. The molecule has 0 bridgehead atoms. The van der Waals surface area contributed by atoms with Crippen molar-refractivity contribution in [2.24, 2.45) is 0 Å². The minimum atomic E-state index is 0. The Balaban J connectivity index is 0.00000112. The molecule has 0 N–H and O–H groups in total. The van der Waals surface area contributed by atoms with Gasteiger partial charge in [-0.15, -0.1) is 0 Å². The molecule has 0 saturated heterocycles.